The minimum Gasteiger partial charge on any atom is -0.375 e. The molecule has 0 fully saturated rings. The molecule has 36 heavy (non-hydrogen) atoms. The Hall–Kier alpha value is -3.14. The van der Waals surface area contributed by atoms with Gasteiger partial charge in [-0.2, -0.15) is 0 Å². The molecule has 0 heterocycles. The standard InChI is InChI=1S/C33H34O2S/c1-23(34)21-25(3)35-24(2)17-18-28-19-20-31(27-13-8-5-9-14-27)33(36)32(28)30-16-10-15-29(22-30)26-11-6-4-7-12-26/h4-16,19-20,22,24-25,36H,17-18,21H2,1-3H3. The molecule has 4 aromatic carbocycles. The molecule has 2 nitrogen and oxygen atoms in total. The van der Waals surface area contributed by atoms with Crippen LogP contribution in [0.25, 0.3) is 33.4 Å². The zero-order valence-corrected chi connectivity index (χ0v) is 22.2. The van der Waals surface area contributed by atoms with E-state index in [1.165, 1.54) is 22.3 Å². The van der Waals surface area contributed by atoms with E-state index in [1.54, 1.807) is 6.92 Å². The van der Waals surface area contributed by atoms with E-state index in [4.69, 9.17) is 17.4 Å². The molecule has 0 aliphatic heterocycles. The van der Waals surface area contributed by atoms with Gasteiger partial charge < -0.3 is 4.74 Å². The Labute approximate surface area is 220 Å². The Morgan fingerprint density at radius 3 is 2.03 bits per heavy atom. The van der Waals surface area contributed by atoms with Gasteiger partial charge in [0.05, 0.1) is 12.2 Å². The van der Waals surface area contributed by atoms with Gasteiger partial charge in [-0.15, -0.1) is 12.6 Å². The zero-order valence-electron chi connectivity index (χ0n) is 21.3. The van der Waals surface area contributed by atoms with Crippen molar-refractivity contribution in [3.63, 3.8) is 0 Å². The molecule has 0 saturated carbocycles. The van der Waals surface area contributed by atoms with Gasteiger partial charge in [-0.1, -0.05) is 91.0 Å². The number of Topliss-reactive ketones (excluding diaryl/α,β-unsaturated/α-hetero) is 1. The molecule has 0 aliphatic carbocycles. The maximum atomic E-state index is 11.4. The van der Waals surface area contributed by atoms with Crippen molar-refractivity contribution in [2.75, 3.05) is 0 Å². The van der Waals surface area contributed by atoms with Crippen LogP contribution in [0.1, 0.15) is 39.2 Å². The van der Waals surface area contributed by atoms with Gasteiger partial charge >= 0.3 is 0 Å². The summed E-state index contributed by atoms with van der Waals surface area (Å²) in [6.07, 6.45) is 2.17. The van der Waals surface area contributed by atoms with Gasteiger partial charge in [0, 0.05) is 11.3 Å². The zero-order chi connectivity index (χ0) is 25.5. The molecular weight excluding hydrogens is 460 g/mol. The summed E-state index contributed by atoms with van der Waals surface area (Å²) < 4.78 is 6.09. The molecule has 2 atom stereocenters. The SMILES string of the molecule is CC(=O)CC(C)OC(C)CCc1ccc(-c2ccccc2)c(S)c1-c1cccc(-c2ccccc2)c1. The fourth-order valence-electron chi connectivity index (χ4n) is 4.78. The third kappa shape index (κ3) is 6.54. The molecule has 0 aliphatic rings. The van der Waals surface area contributed by atoms with E-state index < -0.39 is 0 Å². The van der Waals surface area contributed by atoms with Crippen LogP contribution < -0.4 is 0 Å². The first-order valence-corrected chi connectivity index (χ1v) is 13.1. The number of ether oxygens (including phenoxy) is 1. The van der Waals surface area contributed by atoms with E-state index in [-0.39, 0.29) is 18.0 Å². The Kier molecular flexibility index (Phi) is 8.79. The van der Waals surface area contributed by atoms with E-state index >= 15 is 0 Å². The minimum atomic E-state index is -0.0691. The number of rotatable bonds is 10. The van der Waals surface area contributed by atoms with E-state index in [2.05, 4.69) is 91.9 Å². The van der Waals surface area contributed by atoms with Crippen LogP contribution in [0.2, 0.25) is 0 Å². The lowest BCUT2D eigenvalue weighted by atomic mass is 9.90. The number of aryl methyl sites for hydroxylation is 1. The fraction of sp³-hybridized carbons (Fsp3) is 0.242. The number of ketones is 1. The number of thiol groups is 1. The summed E-state index contributed by atoms with van der Waals surface area (Å²) in [6.45, 7) is 5.67. The van der Waals surface area contributed by atoms with Crippen LogP contribution >= 0.6 is 12.6 Å². The number of carbonyl (C=O) groups is 1. The highest BCUT2D eigenvalue weighted by atomic mass is 32.1. The Balaban J connectivity index is 1.70. The molecule has 0 bridgehead atoms. The van der Waals surface area contributed by atoms with Gasteiger partial charge in [0.1, 0.15) is 5.78 Å². The summed E-state index contributed by atoms with van der Waals surface area (Å²) in [5.74, 6) is 0.159. The third-order valence-electron chi connectivity index (χ3n) is 6.47. The lowest BCUT2D eigenvalue weighted by Crippen LogP contribution is -2.20. The largest absolute Gasteiger partial charge is 0.375 e. The van der Waals surface area contributed by atoms with E-state index in [1.807, 2.05) is 19.1 Å². The lowest BCUT2D eigenvalue weighted by Gasteiger charge is -2.21. The summed E-state index contributed by atoms with van der Waals surface area (Å²) in [5, 5.41) is 0. The van der Waals surface area contributed by atoms with Crippen LogP contribution in [0.3, 0.4) is 0 Å². The summed E-state index contributed by atoms with van der Waals surface area (Å²) >= 11 is 5.09. The predicted molar refractivity (Wildman–Crippen MR) is 154 cm³/mol. The van der Waals surface area contributed by atoms with Crippen molar-refractivity contribution >= 4 is 18.4 Å². The van der Waals surface area contributed by atoms with Gasteiger partial charge in [0.25, 0.3) is 0 Å². The van der Waals surface area contributed by atoms with Gasteiger partial charge in [0.2, 0.25) is 0 Å². The molecule has 0 saturated heterocycles. The normalized spacial score (nSPS) is 12.8. The third-order valence-corrected chi connectivity index (χ3v) is 6.93. The maximum Gasteiger partial charge on any atom is 0.132 e. The minimum absolute atomic E-state index is 0.0556. The summed E-state index contributed by atoms with van der Waals surface area (Å²) in [7, 11) is 0. The monoisotopic (exact) mass is 494 g/mol. The van der Waals surface area contributed by atoms with Gasteiger partial charge in [-0.25, -0.2) is 0 Å². The van der Waals surface area contributed by atoms with Gasteiger partial charge in [0.15, 0.2) is 0 Å². The van der Waals surface area contributed by atoms with Crippen LogP contribution in [-0.2, 0) is 16.0 Å². The van der Waals surface area contributed by atoms with E-state index in [9.17, 15) is 4.79 Å². The molecule has 184 valence electrons. The first-order valence-electron chi connectivity index (χ1n) is 12.6. The molecule has 0 N–H and O–H groups in total. The van der Waals surface area contributed by atoms with Gasteiger partial charge in [-0.3, -0.25) is 4.79 Å². The van der Waals surface area contributed by atoms with Gasteiger partial charge in [-0.05, 0) is 78.6 Å². The average Bonchev–Trinajstić information content (AvgIpc) is 2.88. The second-order valence-corrected chi connectivity index (χ2v) is 9.96. The Morgan fingerprint density at radius 1 is 0.750 bits per heavy atom. The van der Waals surface area contributed by atoms with Crippen LogP contribution in [0.15, 0.2) is 102 Å². The first kappa shape index (κ1) is 25.9. The van der Waals surface area contributed by atoms with Crippen molar-refractivity contribution in [3.8, 4) is 33.4 Å². The van der Waals surface area contributed by atoms with Crippen LogP contribution in [0.5, 0.6) is 0 Å². The summed E-state index contributed by atoms with van der Waals surface area (Å²) in [6, 6.07) is 34.0. The number of hydrogen-bond acceptors (Lipinski definition) is 3. The van der Waals surface area contributed by atoms with Crippen molar-refractivity contribution in [3.05, 3.63) is 103 Å². The van der Waals surface area contributed by atoms with Crippen molar-refractivity contribution in [1.82, 2.24) is 0 Å². The van der Waals surface area contributed by atoms with E-state index in [0.717, 1.165) is 34.4 Å². The summed E-state index contributed by atoms with van der Waals surface area (Å²) in [4.78, 5) is 12.4. The highest BCUT2D eigenvalue weighted by Gasteiger charge is 2.17. The molecule has 4 rings (SSSR count). The van der Waals surface area contributed by atoms with Crippen molar-refractivity contribution in [1.29, 1.82) is 0 Å². The van der Waals surface area contributed by atoms with Crippen LogP contribution in [0.4, 0.5) is 0 Å². The van der Waals surface area contributed by atoms with Crippen molar-refractivity contribution in [2.24, 2.45) is 0 Å². The van der Waals surface area contributed by atoms with Crippen LogP contribution in [-0.4, -0.2) is 18.0 Å². The second kappa shape index (κ2) is 12.2. The highest BCUT2D eigenvalue weighted by molar-refractivity contribution is 7.80. The maximum absolute atomic E-state index is 11.4. The second-order valence-electron chi connectivity index (χ2n) is 9.51. The van der Waals surface area contributed by atoms with E-state index in [0.29, 0.717) is 6.42 Å². The topological polar surface area (TPSA) is 26.3 Å². The molecule has 0 aromatic heterocycles. The van der Waals surface area contributed by atoms with Crippen LogP contribution in [0, 0.1) is 0 Å². The fourth-order valence-corrected chi connectivity index (χ4v) is 5.25. The average molecular weight is 495 g/mol. The molecule has 2 unspecified atom stereocenters. The van der Waals surface area contributed by atoms with Crippen molar-refractivity contribution in [2.45, 2.75) is 57.1 Å². The Bertz CT molecular complexity index is 1300. The summed E-state index contributed by atoms with van der Waals surface area (Å²) in [5.41, 5.74) is 8.24. The highest BCUT2D eigenvalue weighted by Crippen LogP contribution is 2.39. The number of benzene rings is 4. The quantitative estimate of drug-likeness (QED) is 0.223. The molecule has 4 aromatic rings. The number of carbonyl (C=O) groups excluding carboxylic acids is 1. The molecule has 0 amide bonds. The smallest absolute Gasteiger partial charge is 0.132 e. The molecule has 0 radical (unpaired) electrons. The Morgan fingerprint density at radius 2 is 1.36 bits per heavy atom. The predicted octanol–water partition coefficient (Wildman–Crippen LogP) is 8.68. The molecule has 3 heteroatoms. The number of hydrogen-bond donors (Lipinski definition) is 1. The lowest BCUT2D eigenvalue weighted by molar-refractivity contribution is -0.120. The van der Waals surface area contributed by atoms with Crippen molar-refractivity contribution < 1.29 is 9.53 Å². The molecule has 0 spiro atoms. The molecular formula is C33H34O2S. The first-order chi connectivity index (χ1) is 17.4.